The van der Waals surface area contributed by atoms with Gasteiger partial charge >= 0.3 is 0 Å². The number of aliphatic hydroxyl groups is 1. The summed E-state index contributed by atoms with van der Waals surface area (Å²) in [6.45, 7) is 0. The molecule has 0 saturated carbocycles. The standard InChI is InChI=1S/C16H13BN2O3S/c17-19-16(22)11-3-1-2-4-14(11)23-9-5-6-10-12(8-20)15(21)18-13(10)7-9/h1-8,20H,17H2,(H,18,21)(H,19,22)/b12-8-. The molecule has 0 aliphatic carbocycles. The summed E-state index contributed by atoms with van der Waals surface area (Å²) in [6.07, 6.45) is 0.814. The second kappa shape index (κ2) is 6.22. The van der Waals surface area contributed by atoms with Crippen molar-refractivity contribution >= 4 is 42.8 Å². The Labute approximate surface area is 138 Å². The summed E-state index contributed by atoms with van der Waals surface area (Å²) in [4.78, 5) is 25.4. The number of rotatable bonds is 3. The number of benzene rings is 2. The van der Waals surface area contributed by atoms with E-state index in [9.17, 15) is 9.59 Å². The Kier molecular flexibility index (Phi) is 4.12. The molecule has 2 aromatic carbocycles. The highest BCUT2D eigenvalue weighted by Gasteiger charge is 2.24. The molecule has 0 saturated heterocycles. The molecule has 23 heavy (non-hydrogen) atoms. The second-order valence-corrected chi connectivity index (χ2v) is 6.00. The predicted octanol–water partition coefficient (Wildman–Crippen LogP) is 1.97. The van der Waals surface area contributed by atoms with Crippen molar-refractivity contribution in [2.75, 3.05) is 5.32 Å². The number of fused-ring (bicyclic) bond motifs is 1. The number of amides is 2. The summed E-state index contributed by atoms with van der Waals surface area (Å²) in [5.41, 5.74) is 2.17. The van der Waals surface area contributed by atoms with Crippen LogP contribution in [0.3, 0.4) is 0 Å². The van der Waals surface area contributed by atoms with E-state index in [0.29, 0.717) is 16.8 Å². The summed E-state index contributed by atoms with van der Waals surface area (Å²) >= 11 is 1.44. The van der Waals surface area contributed by atoms with E-state index in [0.717, 1.165) is 16.1 Å². The first-order valence-corrected chi connectivity index (χ1v) is 7.75. The van der Waals surface area contributed by atoms with Crippen LogP contribution in [0.15, 0.2) is 58.5 Å². The van der Waals surface area contributed by atoms with Crippen molar-refractivity contribution in [2.24, 2.45) is 0 Å². The molecule has 114 valence electrons. The van der Waals surface area contributed by atoms with Gasteiger partial charge in [0.25, 0.3) is 5.91 Å². The van der Waals surface area contributed by atoms with Crippen molar-refractivity contribution in [3.05, 3.63) is 59.9 Å². The summed E-state index contributed by atoms with van der Waals surface area (Å²) in [5, 5.41) is 14.5. The van der Waals surface area contributed by atoms with Crippen molar-refractivity contribution in [3.63, 3.8) is 0 Å². The van der Waals surface area contributed by atoms with E-state index in [1.54, 1.807) is 20.1 Å². The molecule has 0 atom stereocenters. The van der Waals surface area contributed by atoms with Crippen molar-refractivity contribution in [2.45, 2.75) is 9.79 Å². The van der Waals surface area contributed by atoms with Gasteiger partial charge in [0.05, 0.1) is 23.1 Å². The number of nitrogens with one attached hydrogen (secondary N) is 2. The van der Waals surface area contributed by atoms with Crippen LogP contribution in [-0.4, -0.2) is 24.9 Å². The Morgan fingerprint density at radius 3 is 2.78 bits per heavy atom. The highest BCUT2D eigenvalue weighted by Crippen LogP contribution is 2.37. The first-order valence-electron chi connectivity index (χ1n) is 6.93. The number of aliphatic hydroxyl groups excluding tert-OH is 1. The number of hydrogen-bond donors (Lipinski definition) is 3. The lowest BCUT2D eigenvalue weighted by Crippen LogP contribution is -2.20. The van der Waals surface area contributed by atoms with E-state index < -0.39 is 0 Å². The Hall–Kier alpha value is -2.67. The fourth-order valence-corrected chi connectivity index (χ4v) is 3.35. The molecular formula is C16H13BN2O3S. The fraction of sp³-hybridized carbons (Fsp3) is 0. The van der Waals surface area contributed by atoms with E-state index in [2.05, 4.69) is 10.5 Å². The Morgan fingerprint density at radius 2 is 2.04 bits per heavy atom. The minimum atomic E-state index is -0.324. The molecule has 0 bridgehead atoms. The molecule has 2 amide bonds. The van der Waals surface area contributed by atoms with Crippen LogP contribution in [0, 0.1) is 0 Å². The zero-order chi connectivity index (χ0) is 16.4. The van der Waals surface area contributed by atoms with Crippen molar-refractivity contribution in [3.8, 4) is 0 Å². The lowest BCUT2D eigenvalue weighted by atomic mass is 10.1. The minimum Gasteiger partial charge on any atom is -0.515 e. The Balaban J connectivity index is 1.93. The molecule has 2 aromatic rings. The maximum Gasteiger partial charge on any atom is 0.259 e. The van der Waals surface area contributed by atoms with Crippen LogP contribution in [0.4, 0.5) is 5.69 Å². The van der Waals surface area contributed by atoms with Crippen LogP contribution in [0.2, 0.25) is 0 Å². The first-order chi connectivity index (χ1) is 11.1. The van der Waals surface area contributed by atoms with E-state index >= 15 is 0 Å². The zero-order valence-electron chi connectivity index (χ0n) is 12.3. The smallest absolute Gasteiger partial charge is 0.259 e. The topological polar surface area (TPSA) is 78.4 Å². The number of anilines is 1. The zero-order valence-corrected chi connectivity index (χ0v) is 13.1. The average molecular weight is 324 g/mol. The molecule has 3 N–H and O–H groups in total. The molecular weight excluding hydrogens is 311 g/mol. The SMILES string of the molecule is BNC(=O)c1ccccc1Sc1ccc2c(c1)NC(=O)/C2=C\O. The van der Waals surface area contributed by atoms with Gasteiger partial charge in [-0.05, 0) is 24.3 Å². The first kappa shape index (κ1) is 15.2. The Bertz CT molecular complexity index is 836. The van der Waals surface area contributed by atoms with Crippen LogP contribution in [0.5, 0.6) is 0 Å². The Morgan fingerprint density at radius 1 is 1.26 bits per heavy atom. The molecule has 0 fully saturated rings. The normalized spacial score (nSPS) is 14.4. The summed E-state index contributed by atoms with van der Waals surface area (Å²) in [7, 11) is 1.59. The lowest BCUT2D eigenvalue weighted by molar-refractivity contribution is -0.110. The molecule has 3 rings (SSSR count). The summed E-state index contributed by atoms with van der Waals surface area (Å²) in [5.74, 6) is -0.469. The second-order valence-electron chi connectivity index (χ2n) is 4.88. The predicted molar refractivity (Wildman–Crippen MR) is 92.3 cm³/mol. The van der Waals surface area contributed by atoms with Gasteiger partial charge < -0.3 is 15.7 Å². The number of carbonyl (C=O) groups excluding carboxylic acids is 2. The number of carbonyl (C=O) groups is 2. The van der Waals surface area contributed by atoms with Crippen LogP contribution < -0.4 is 10.5 Å². The highest BCUT2D eigenvalue weighted by molar-refractivity contribution is 7.99. The maximum atomic E-state index is 11.9. The third kappa shape index (κ3) is 2.83. The van der Waals surface area contributed by atoms with Crippen LogP contribution >= 0.6 is 11.8 Å². The third-order valence-electron chi connectivity index (χ3n) is 3.49. The molecule has 1 aliphatic heterocycles. The fourth-order valence-electron chi connectivity index (χ4n) is 2.37. The monoisotopic (exact) mass is 324 g/mol. The van der Waals surface area contributed by atoms with Gasteiger partial charge in [-0.15, -0.1) is 0 Å². The molecule has 1 heterocycles. The van der Waals surface area contributed by atoms with E-state index in [1.165, 1.54) is 11.8 Å². The third-order valence-corrected chi connectivity index (χ3v) is 4.56. The van der Waals surface area contributed by atoms with Crippen LogP contribution in [0.1, 0.15) is 15.9 Å². The van der Waals surface area contributed by atoms with Gasteiger partial charge in [-0.25, -0.2) is 0 Å². The quantitative estimate of drug-likeness (QED) is 0.458. The lowest BCUT2D eigenvalue weighted by Gasteiger charge is -2.09. The van der Waals surface area contributed by atoms with E-state index in [-0.39, 0.29) is 17.4 Å². The number of hydrogen-bond acceptors (Lipinski definition) is 4. The molecule has 7 heteroatoms. The minimum absolute atomic E-state index is 0.145. The molecule has 0 unspecified atom stereocenters. The van der Waals surface area contributed by atoms with Crippen molar-refractivity contribution < 1.29 is 14.7 Å². The van der Waals surface area contributed by atoms with Crippen molar-refractivity contribution in [1.82, 2.24) is 5.23 Å². The molecule has 1 aliphatic rings. The molecule has 0 radical (unpaired) electrons. The van der Waals surface area contributed by atoms with Gasteiger partial charge in [-0.2, -0.15) is 0 Å². The maximum absolute atomic E-state index is 11.9. The average Bonchev–Trinajstić information content (AvgIpc) is 2.88. The molecule has 0 spiro atoms. The van der Waals surface area contributed by atoms with Crippen molar-refractivity contribution in [1.29, 1.82) is 0 Å². The van der Waals surface area contributed by atoms with Gasteiger partial charge in [0.2, 0.25) is 13.9 Å². The summed E-state index contributed by atoms with van der Waals surface area (Å²) < 4.78 is 0. The van der Waals surface area contributed by atoms with Gasteiger partial charge in [-0.3, -0.25) is 9.59 Å². The van der Waals surface area contributed by atoms with Gasteiger partial charge in [-0.1, -0.05) is 30.0 Å². The molecule has 0 aromatic heterocycles. The summed E-state index contributed by atoms with van der Waals surface area (Å²) in [6, 6.07) is 12.8. The van der Waals surface area contributed by atoms with E-state index in [4.69, 9.17) is 5.11 Å². The highest BCUT2D eigenvalue weighted by atomic mass is 32.2. The van der Waals surface area contributed by atoms with Gasteiger partial charge in [0, 0.05) is 15.4 Å². The van der Waals surface area contributed by atoms with Gasteiger partial charge in [0.15, 0.2) is 0 Å². The van der Waals surface area contributed by atoms with E-state index in [1.807, 2.05) is 30.3 Å². The van der Waals surface area contributed by atoms with Crippen LogP contribution in [0.25, 0.3) is 5.57 Å². The largest absolute Gasteiger partial charge is 0.515 e. The molecule has 5 nitrogen and oxygen atoms in total. The van der Waals surface area contributed by atoms with Gasteiger partial charge in [0.1, 0.15) is 0 Å². The van der Waals surface area contributed by atoms with Crippen LogP contribution in [-0.2, 0) is 4.79 Å².